The van der Waals surface area contributed by atoms with E-state index >= 15 is 0 Å². The SMILES string of the molecule is [2H]c1cc([2H])c(N2CCNCC2)c([2H])c1Cl. The highest BCUT2D eigenvalue weighted by Crippen LogP contribution is 2.19. The van der Waals surface area contributed by atoms with Gasteiger partial charge in [-0.05, 0) is 18.1 Å². The van der Waals surface area contributed by atoms with E-state index in [0.29, 0.717) is 5.69 Å². The summed E-state index contributed by atoms with van der Waals surface area (Å²) in [5, 5.41) is 3.34. The molecule has 13 heavy (non-hydrogen) atoms. The van der Waals surface area contributed by atoms with E-state index in [1.807, 2.05) is 4.90 Å². The lowest BCUT2D eigenvalue weighted by Crippen LogP contribution is -2.43. The third-order valence-corrected chi connectivity index (χ3v) is 2.27. The Morgan fingerprint density at radius 2 is 2.15 bits per heavy atom. The van der Waals surface area contributed by atoms with Gasteiger partial charge in [0.25, 0.3) is 0 Å². The number of nitrogens with one attached hydrogen (secondary N) is 1. The van der Waals surface area contributed by atoms with E-state index in [9.17, 15) is 0 Å². The van der Waals surface area contributed by atoms with Crippen LogP contribution in [-0.2, 0) is 0 Å². The van der Waals surface area contributed by atoms with Crippen LogP contribution in [0.2, 0.25) is 5.02 Å². The van der Waals surface area contributed by atoms with Gasteiger partial charge in [-0.3, -0.25) is 0 Å². The maximum absolute atomic E-state index is 7.88. The standard InChI is InChI=1S/C10H13ClN2/c11-9-2-1-3-10(8-9)13-6-4-12-5-7-13/h1-3,8,12H,4-7H2/i2D,3D,8D. The predicted octanol–water partition coefficient (Wildman–Crippen LogP) is 1.75. The van der Waals surface area contributed by atoms with Gasteiger partial charge in [0.1, 0.15) is 0 Å². The molecule has 0 radical (unpaired) electrons. The summed E-state index contributed by atoms with van der Waals surface area (Å²) in [6.07, 6.45) is 0. The highest BCUT2D eigenvalue weighted by Gasteiger charge is 2.09. The first-order chi connectivity index (χ1) is 7.61. The molecule has 1 aliphatic rings. The van der Waals surface area contributed by atoms with Crippen LogP contribution in [0.5, 0.6) is 0 Å². The van der Waals surface area contributed by atoms with Crippen molar-refractivity contribution in [2.75, 3.05) is 31.1 Å². The van der Waals surface area contributed by atoms with E-state index in [2.05, 4.69) is 5.32 Å². The highest BCUT2D eigenvalue weighted by molar-refractivity contribution is 6.30. The van der Waals surface area contributed by atoms with Crippen LogP contribution in [0.1, 0.15) is 4.11 Å². The third kappa shape index (κ3) is 2.14. The molecule has 0 amide bonds. The number of piperazine rings is 1. The molecule has 3 heteroatoms. The molecule has 0 bridgehead atoms. The molecule has 1 heterocycles. The van der Waals surface area contributed by atoms with Crippen LogP contribution < -0.4 is 10.2 Å². The van der Waals surface area contributed by atoms with Gasteiger partial charge in [-0.25, -0.2) is 0 Å². The van der Waals surface area contributed by atoms with E-state index < -0.39 is 0 Å². The third-order valence-electron chi connectivity index (χ3n) is 2.07. The zero-order chi connectivity index (χ0) is 11.7. The lowest BCUT2D eigenvalue weighted by Gasteiger charge is -2.29. The van der Waals surface area contributed by atoms with Crippen molar-refractivity contribution >= 4 is 17.3 Å². The fourth-order valence-electron chi connectivity index (χ4n) is 1.40. The van der Waals surface area contributed by atoms with Gasteiger partial charge in [0, 0.05) is 36.9 Å². The van der Waals surface area contributed by atoms with Crippen LogP contribution in [-0.4, -0.2) is 26.2 Å². The second-order valence-corrected chi connectivity index (χ2v) is 3.34. The molecule has 1 aromatic rings. The summed E-state index contributed by atoms with van der Waals surface area (Å²) in [6, 6.07) is 1.76. The number of rotatable bonds is 1. The maximum Gasteiger partial charge on any atom is 0.0660 e. The van der Waals surface area contributed by atoms with Gasteiger partial charge < -0.3 is 10.2 Å². The van der Waals surface area contributed by atoms with Crippen LogP contribution >= 0.6 is 11.6 Å². The first-order valence-electron chi connectivity index (χ1n) is 5.83. The quantitative estimate of drug-likeness (QED) is 0.742. The molecule has 1 fully saturated rings. The minimum Gasteiger partial charge on any atom is -0.369 e. The number of halogens is 1. The summed E-state index contributed by atoms with van der Waals surface area (Å²) in [7, 11) is 0. The highest BCUT2D eigenvalue weighted by atomic mass is 35.5. The van der Waals surface area contributed by atoms with E-state index in [4.69, 9.17) is 15.7 Å². The Balaban J connectivity index is 2.42. The summed E-state index contributed by atoms with van der Waals surface area (Å²) >= 11 is 5.87. The van der Waals surface area contributed by atoms with Gasteiger partial charge in [-0.15, -0.1) is 0 Å². The molecule has 1 aromatic carbocycles. The molecule has 1 saturated heterocycles. The van der Waals surface area contributed by atoms with E-state index in [-0.39, 0.29) is 23.1 Å². The molecule has 2 nitrogen and oxygen atoms in total. The lowest BCUT2D eigenvalue weighted by atomic mass is 10.2. The predicted molar refractivity (Wildman–Crippen MR) is 56.5 cm³/mol. The van der Waals surface area contributed by atoms with Gasteiger partial charge in [0.2, 0.25) is 0 Å². The van der Waals surface area contributed by atoms with Crippen molar-refractivity contribution in [3.05, 3.63) is 29.2 Å². The minimum atomic E-state index is 0.0514. The molecule has 1 N–H and O–H groups in total. The number of hydrogen-bond acceptors (Lipinski definition) is 2. The fraction of sp³-hybridized carbons (Fsp3) is 0.400. The molecule has 70 valence electrons. The molecule has 0 spiro atoms. The van der Waals surface area contributed by atoms with Crippen LogP contribution in [0, 0.1) is 0 Å². The van der Waals surface area contributed by atoms with Gasteiger partial charge in [-0.2, -0.15) is 0 Å². The average Bonchev–Trinajstić information content (AvgIpc) is 2.28. The van der Waals surface area contributed by atoms with Crippen LogP contribution in [0.15, 0.2) is 24.2 Å². The molecular weight excluding hydrogens is 184 g/mol. The Hall–Kier alpha value is -0.730. The summed E-state index contributed by atoms with van der Waals surface area (Å²) in [4.78, 5) is 1.98. The molecule has 0 saturated carbocycles. The summed E-state index contributed by atoms with van der Waals surface area (Å²) < 4.78 is 23.2. The Morgan fingerprint density at radius 3 is 2.92 bits per heavy atom. The van der Waals surface area contributed by atoms with Crippen LogP contribution in [0.25, 0.3) is 0 Å². The monoisotopic (exact) mass is 199 g/mol. The van der Waals surface area contributed by atoms with E-state index in [1.165, 1.54) is 6.07 Å². The number of anilines is 1. The molecule has 0 atom stereocenters. The molecule has 2 rings (SSSR count). The zero-order valence-electron chi connectivity index (χ0n) is 10.2. The first kappa shape index (κ1) is 5.89. The van der Waals surface area contributed by atoms with Crippen LogP contribution in [0.4, 0.5) is 5.69 Å². The maximum atomic E-state index is 7.88. The largest absolute Gasteiger partial charge is 0.369 e. The normalized spacial score (nSPS) is 20.7. The molecular formula is C10H13ClN2. The fourth-order valence-corrected chi connectivity index (χ4v) is 1.55. The first-order valence-corrected chi connectivity index (χ1v) is 4.71. The number of hydrogen-bond donors (Lipinski definition) is 1. The second-order valence-electron chi connectivity index (χ2n) is 2.96. The van der Waals surface area contributed by atoms with Crippen molar-refractivity contribution < 1.29 is 4.11 Å². The summed E-state index contributed by atoms with van der Waals surface area (Å²) in [5.41, 5.74) is 0.544. The summed E-state index contributed by atoms with van der Waals surface area (Å²) in [5.74, 6) is 0. The Labute approximate surface area is 87.7 Å². The molecule has 0 aliphatic carbocycles. The molecule has 0 unspecified atom stereocenters. The van der Waals surface area contributed by atoms with Crippen molar-refractivity contribution in [3.8, 4) is 0 Å². The van der Waals surface area contributed by atoms with Crippen LogP contribution in [0.3, 0.4) is 0 Å². The van der Waals surface area contributed by atoms with Crippen molar-refractivity contribution in [3.63, 3.8) is 0 Å². The zero-order valence-corrected chi connectivity index (χ0v) is 7.99. The number of nitrogens with zero attached hydrogens (tertiary/aromatic N) is 1. The van der Waals surface area contributed by atoms with Gasteiger partial charge in [0.05, 0.1) is 4.11 Å². The topological polar surface area (TPSA) is 15.3 Å². The van der Waals surface area contributed by atoms with Crippen molar-refractivity contribution in [2.24, 2.45) is 0 Å². The minimum absolute atomic E-state index is 0.0514. The summed E-state index contributed by atoms with van der Waals surface area (Å²) in [6.45, 7) is 3.23. The Bertz CT molecular complexity index is 406. The Morgan fingerprint density at radius 1 is 1.38 bits per heavy atom. The van der Waals surface area contributed by atoms with Gasteiger partial charge in [-0.1, -0.05) is 17.7 Å². The van der Waals surface area contributed by atoms with Crippen molar-refractivity contribution in [2.45, 2.75) is 0 Å². The average molecular weight is 200 g/mol. The smallest absolute Gasteiger partial charge is 0.0660 e. The molecule has 0 aromatic heterocycles. The van der Waals surface area contributed by atoms with Crippen molar-refractivity contribution in [1.82, 2.24) is 5.32 Å². The van der Waals surface area contributed by atoms with Gasteiger partial charge in [0.15, 0.2) is 0 Å². The Kier molecular flexibility index (Phi) is 1.80. The molecule has 1 aliphatic heterocycles. The van der Waals surface area contributed by atoms with Gasteiger partial charge >= 0.3 is 0 Å². The van der Waals surface area contributed by atoms with E-state index in [1.54, 1.807) is 0 Å². The lowest BCUT2D eigenvalue weighted by molar-refractivity contribution is 0.589. The number of benzene rings is 1. The van der Waals surface area contributed by atoms with E-state index in [0.717, 1.165) is 26.2 Å². The van der Waals surface area contributed by atoms with Crippen molar-refractivity contribution in [1.29, 1.82) is 0 Å². The second kappa shape index (κ2) is 3.99.